The molecule has 0 aliphatic carbocycles. The van der Waals surface area contributed by atoms with Gasteiger partial charge in [0.25, 0.3) is 0 Å². The van der Waals surface area contributed by atoms with Crippen molar-refractivity contribution in [3.8, 4) is 0 Å². The third kappa shape index (κ3) is 37.7. The first kappa shape index (κ1) is 50.6. The van der Waals surface area contributed by atoms with Crippen LogP contribution in [0.15, 0.2) is 0 Å². The molecule has 0 fully saturated rings. The highest BCUT2D eigenvalue weighted by Gasteiger charge is 2.21. The van der Waals surface area contributed by atoms with Crippen molar-refractivity contribution in [1.82, 2.24) is 10.6 Å². The SMILES string of the molecule is CCCCCCCCCCCCCCC(=O)OC(COC(=O)NCCOCCOCCNC=O)COC(=O)C(C)CCCCCCCCCCCCC. The van der Waals surface area contributed by atoms with Crippen LogP contribution in [0.25, 0.3) is 0 Å². The molecule has 0 aliphatic rings. The van der Waals surface area contributed by atoms with Gasteiger partial charge in [-0.3, -0.25) is 14.4 Å². The van der Waals surface area contributed by atoms with E-state index in [2.05, 4.69) is 24.5 Å². The number of unbranched alkanes of at least 4 members (excludes halogenated alkanes) is 21. The molecule has 0 heterocycles. The highest BCUT2D eigenvalue weighted by Crippen LogP contribution is 2.16. The first-order valence-corrected chi connectivity index (χ1v) is 21.5. The molecule has 0 bridgehead atoms. The van der Waals surface area contributed by atoms with Gasteiger partial charge in [0.2, 0.25) is 6.41 Å². The van der Waals surface area contributed by atoms with Gasteiger partial charge in [0.15, 0.2) is 6.10 Å². The molecule has 11 nitrogen and oxygen atoms in total. The Labute approximate surface area is 323 Å². The van der Waals surface area contributed by atoms with E-state index in [-0.39, 0.29) is 50.6 Å². The average molecular weight is 757 g/mol. The zero-order valence-corrected chi connectivity index (χ0v) is 34.2. The van der Waals surface area contributed by atoms with Crippen molar-refractivity contribution in [3.05, 3.63) is 0 Å². The Balaban J connectivity index is 4.44. The largest absolute Gasteiger partial charge is 0.461 e. The van der Waals surface area contributed by atoms with Crippen LogP contribution < -0.4 is 10.6 Å². The number of hydrogen-bond acceptors (Lipinski definition) is 9. The van der Waals surface area contributed by atoms with Crippen molar-refractivity contribution >= 4 is 24.4 Å². The molecule has 53 heavy (non-hydrogen) atoms. The van der Waals surface area contributed by atoms with Gasteiger partial charge in [0.1, 0.15) is 13.2 Å². The molecule has 0 radical (unpaired) electrons. The lowest BCUT2D eigenvalue weighted by atomic mass is 10.0. The summed E-state index contributed by atoms with van der Waals surface area (Å²) in [5, 5.41) is 5.11. The molecule has 2 atom stereocenters. The van der Waals surface area contributed by atoms with Crippen LogP contribution in [0.4, 0.5) is 4.79 Å². The van der Waals surface area contributed by atoms with Crippen molar-refractivity contribution in [2.75, 3.05) is 52.7 Å². The number of amides is 2. The second-order valence-electron chi connectivity index (χ2n) is 14.4. The van der Waals surface area contributed by atoms with E-state index in [4.69, 9.17) is 23.7 Å². The van der Waals surface area contributed by atoms with Gasteiger partial charge in [-0.15, -0.1) is 0 Å². The summed E-state index contributed by atoms with van der Waals surface area (Å²) in [5.41, 5.74) is 0. The maximum atomic E-state index is 12.8. The summed E-state index contributed by atoms with van der Waals surface area (Å²) in [7, 11) is 0. The number of carbonyl (C=O) groups is 4. The van der Waals surface area contributed by atoms with Crippen LogP contribution in [0.1, 0.15) is 181 Å². The molecule has 0 spiro atoms. The number of hydrogen-bond donors (Lipinski definition) is 2. The molecule has 2 amide bonds. The Bertz CT molecular complexity index is 845. The van der Waals surface area contributed by atoms with E-state index < -0.39 is 12.2 Å². The van der Waals surface area contributed by atoms with Gasteiger partial charge in [-0.25, -0.2) is 4.79 Å². The maximum absolute atomic E-state index is 12.8. The summed E-state index contributed by atoms with van der Waals surface area (Å²) >= 11 is 0. The first-order chi connectivity index (χ1) is 25.9. The molecule has 0 aliphatic heterocycles. The highest BCUT2D eigenvalue weighted by atomic mass is 16.6. The molecule has 0 aromatic heterocycles. The molecule has 11 heteroatoms. The fourth-order valence-corrected chi connectivity index (χ4v) is 5.98. The summed E-state index contributed by atoms with van der Waals surface area (Å²) in [6, 6.07) is 0. The Morgan fingerprint density at radius 1 is 0.566 bits per heavy atom. The van der Waals surface area contributed by atoms with Crippen LogP contribution in [-0.4, -0.2) is 83.3 Å². The van der Waals surface area contributed by atoms with Crippen molar-refractivity contribution < 1.29 is 42.9 Å². The fraction of sp³-hybridized carbons (Fsp3) is 0.905. The Hall–Kier alpha value is -2.40. The Morgan fingerprint density at radius 3 is 1.53 bits per heavy atom. The van der Waals surface area contributed by atoms with E-state index >= 15 is 0 Å². The van der Waals surface area contributed by atoms with Crippen LogP contribution in [0.2, 0.25) is 0 Å². The van der Waals surface area contributed by atoms with Crippen LogP contribution in [-0.2, 0) is 38.1 Å². The molecular formula is C42H80N2O9. The van der Waals surface area contributed by atoms with E-state index in [0.29, 0.717) is 32.8 Å². The normalized spacial score (nSPS) is 12.2. The summed E-state index contributed by atoms with van der Waals surface area (Å²) in [6.07, 6.45) is 28.4. The lowest BCUT2D eigenvalue weighted by molar-refractivity contribution is -0.163. The number of esters is 2. The van der Waals surface area contributed by atoms with Crippen LogP contribution in [0, 0.1) is 5.92 Å². The zero-order valence-electron chi connectivity index (χ0n) is 34.2. The summed E-state index contributed by atoms with van der Waals surface area (Å²) in [4.78, 5) is 48.0. The summed E-state index contributed by atoms with van der Waals surface area (Å²) in [6.45, 7) is 8.00. The Kier molecular flexibility index (Phi) is 38.9. The Morgan fingerprint density at radius 2 is 1.02 bits per heavy atom. The molecule has 0 rings (SSSR count). The van der Waals surface area contributed by atoms with Crippen molar-refractivity contribution in [3.63, 3.8) is 0 Å². The minimum absolute atomic E-state index is 0.162. The molecule has 0 saturated carbocycles. The van der Waals surface area contributed by atoms with Crippen molar-refractivity contribution in [1.29, 1.82) is 0 Å². The van der Waals surface area contributed by atoms with Crippen molar-refractivity contribution in [2.45, 2.75) is 187 Å². The van der Waals surface area contributed by atoms with Crippen molar-refractivity contribution in [2.24, 2.45) is 5.92 Å². The molecule has 0 saturated heterocycles. The predicted octanol–water partition coefficient (Wildman–Crippen LogP) is 9.38. The van der Waals surface area contributed by atoms with E-state index in [1.807, 2.05) is 6.92 Å². The molecular weight excluding hydrogens is 676 g/mol. The van der Waals surface area contributed by atoms with Crippen LogP contribution in [0.5, 0.6) is 0 Å². The van der Waals surface area contributed by atoms with E-state index in [0.717, 1.165) is 38.5 Å². The topological polar surface area (TPSA) is 138 Å². The molecule has 0 aromatic carbocycles. The third-order valence-corrected chi connectivity index (χ3v) is 9.35. The van der Waals surface area contributed by atoms with E-state index in [1.54, 1.807) is 0 Å². The second kappa shape index (κ2) is 40.8. The van der Waals surface area contributed by atoms with Gasteiger partial charge in [-0.05, 0) is 12.8 Å². The summed E-state index contributed by atoms with van der Waals surface area (Å²) < 4.78 is 27.2. The fourth-order valence-electron chi connectivity index (χ4n) is 5.98. The number of alkyl carbamates (subject to hydrolysis) is 1. The monoisotopic (exact) mass is 757 g/mol. The number of nitrogens with one attached hydrogen (secondary N) is 2. The first-order valence-electron chi connectivity index (χ1n) is 21.5. The van der Waals surface area contributed by atoms with E-state index in [9.17, 15) is 19.2 Å². The van der Waals surface area contributed by atoms with Gasteiger partial charge >= 0.3 is 18.0 Å². The lowest BCUT2D eigenvalue weighted by Crippen LogP contribution is -2.35. The molecule has 2 N–H and O–H groups in total. The van der Waals surface area contributed by atoms with Gasteiger partial charge in [0, 0.05) is 19.5 Å². The minimum Gasteiger partial charge on any atom is -0.461 e. The number of rotatable bonds is 41. The zero-order chi connectivity index (χ0) is 38.9. The second-order valence-corrected chi connectivity index (χ2v) is 14.4. The standard InChI is InChI=1S/C42H80N2O9/c1-4-6-8-10-12-14-16-18-20-22-24-26-28-40(46)53-39(36-52-42(48)44-30-32-50-34-33-49-31-29-43-37-45)35-51-41(47)38(3)27-25-23-21-19-17-15-13-11-9-7-5-2/h37-39H,4-36H2,1-3H3,(H,43,45)(H,44,48). The number of carbonyl (C=O) groups excluding carboxylic acids is 4. The highest BCUT2D eigenvalue weighted by molar-refractivity contribution is 5.72. The minimum atomic E-state index is -0.884. The molecule has 2 unspecified atom stereocenters. The number of ether oxygens (including phenoxy) is 5. The average Bonchev–Trinajstić information content (AvgIpc) is 3.15. The molecule has 312 valence electrons. The predicted molar refractivity (Wildman–Crippen MR) is 212 cm³/mol. The van der Waals surface area contributed by atoms with Crippen LogP contribution >= 0.6 is 0 Å². The van der Waals surface area contributed by atoms with Gasteiger partial charge in [0.05, 0.1) is 32.3 Å². The molecule has 0 aromatic rings. The maximum Gasteiger partial charge on any atom is 0.407 e. The van der Waals surface area contributed by atoms with Crippen LogP contribution in [0.3, 0.4) is 0 Å². The van der Waals surface area contributed by atoms with Gasteiger partial charge in [-0.2, -0.15) is 0 Å². The quantitative estimate of drug-likeness (QED) is 0.0270. The smallest absolute Gasteiger partial charge is 0.407 e. The van der Waals surface area contributed by atoms with Gasteiger partial charge < -0.3 is 34.3 Å². The summed E-state index contributed by atoms with van der Waals surface area (Å²) in [5.74, 6) is -0.966. The lowest BCUT2D eigenvalue weighted by Gasteiger charge is -2.19. The third-order valence-electron chi connectivity index (χ3n) is 9.35. The van der Waals surface area contributed by atoms with Gasteiger partial charge in [-0.1, -0.05) is 162 Å². The van der Waals surface area contributed by atoms with E-state index in [1.165, 1.54) is 116 Å².